The Balaban J connectivity index is 0.000000210. The molecule has 4 rings (SSSR count). The predicted molar refractivity (Wildman–Crippen MR) is 118 cm³/mol. The first-order valence-electron chi connectivity index (χ1n) is 10.4. The molecule has 0 atom stereocenters. The third-order valence-corrected chi connectivity index (χ3v) is 4.84. The summed E-state index contributed by atoms with van der Waals surface area (Å²) >= 11 is 0. The van der Waals surface area contributed by atoms with Gasteiger partial charge in [-0.15, -0.1) is 6.58 Å². The second-order valence-corrected chi connectivity index (χ2v) is 6.96. The van der Waals surface area contributed by atoms with Crippen LogP contribution in [0.2, 0.25) is 0 Å². The molecule has 0 saturated heterocycles. The molecule has 0 bridgehead atoms. The summed E-state index contributed by atoms with van der Waals surface area (Å²) in [4.78, 5) is 0. The number of benzene rings is 2. The SMILES string of the molecule is C=CC.CC.Cc1cccc2c1CCCC2.Cc1ccccc1C1CC1. The van der Waals surface area contributed by atoms with Crippen molar-refractivity contribution >= 4 is 0 Å². The summed E-state index contributed by atoms with van der Waals surface area (Å²) in [7, 11) is 0. The lowest BCUT2D eigenvalue weighted by Gasteiger charge is -2.17. The maximum absolute atomic E-state index is 3.36. The molecule has 2 aliphatic carbocycles. The highest BCUT2D eigenvalue weighted by molar-refractivity contribution is 5.36. The first-order valence-corrected chi connectivity index (χ1v) is 10.4. The van der Waals surface area contributed by atoms with Crippen LogP contribution >= 0.6 is 0 Å². The maximum atomic E-state index is 3.36. The Bertz CT molecular complexity index is 647. The maximum Gasteiger partial charge on any atom is -0.0159 e. The zero-order chi connectivity index (χ0) is 19.4. The Hall–Kier alpha value is -1.82. The lowest BCUT2D eigenvalue weighted by atomic mass is 9.89. The molecule has 0 heteroatoms. The average molecular weight is 351 g/mol. The van der Waals surface area contributed by atoms with Crippen molar-refractivity contribution in [2.24, 2.45) is 0 Å². The number of allylic oxidation sites excluding steroid dienone is 1. The van der Waals surface area contributed by atoms with Gasteiger partial charge >= 0.3 is 0 Å². The Morgan fingerprint density at radius 3 is 2.00 bits per heavy atom. The van der Waals surface area contributed by atoms with E-state index in [0.717, 1.165) is 5.92 Å². The molecular formula is C26H38. The molecule has 142 valence electrons. The molecule has 0 radical (unpaired) electrons. The van der Waals surface area contributed by atoms with Crippen LogP contribution in [0.15, 0.2) is 55.1 Å². The second kappa shape index (κ2) is 12.5. The highest BCUT2D eigenvalue weighted by atomic mass is 14.3. The van der Waals surface area contributed by atoms with Gasteiger partial charge in [-0.2, -0.15) is 0 Å². The molecule has 0 unspecified atom stereocenters. The third kappa shape index (κ3) is 7.20. The molecule has 2 aliphatic rings. The van der Waals surface area contributed by atoms with Gasteiger partial charge in [-0.1, -0.05) is 62.4 Å². The number of aryl methyl sites for hydroxylation is 3. The first-order chi connectivity index (χ1) is 12.7. The molecule has 0 nitrogen and oxygen atoms in total. The van der Waals surface area contributed by atoms with E-state index in [9.17, 15) is 0 Å². The largest absolute Gasteiger partial charge is 0.103 e. The molecule has 0 aromatic heterocycles. The predicted octanol–water partition coefficient (Wildman–Crippen LogP) is 7.96. The van der Waals surface area contributed by atoms with Crippen LogP contribution in [0, 0.1) is 13.8 Å². The number of hydrogen-bond acceptors (Lipinski definition) is 0. The fourth-order valence-corrected chi connectivity index (χ4v) is 3.41. The zero-order valence-corrected chi connectivity index (χ0v) is 17.6. The lowest BCUT2D eigenvalue weighted by molar-refractivity contribution is 0.682. The van der Waals surface area contributed by atoms with Gasteiger partial charge in [-0.05, 0) is 93.0 Å². The molecule has 0 N–H and O–H groups in total. The monoisotopic (exact) mass is 350 g/mol. The fraction of sp³-hybridized carbons (Fsp3) is 0.462. The summed E-state index contributed by atoms with van der Waals surface area (Å²) in [5.74, 6) is 0.904. The summed E-state index contributed by atoms with van der Waals surface area (Å²) < 4.78 is 0. The zero-order valence-electron chi connectivity index (χ0n) is 17.6. The van der Waals surface area contributed by atoms with Crippen molar-refractivity contribution in [3.05, 3.63) is 82.9 Å². The van der Waals surface area contributed by atoms with Gasteiger partial charge in [0, 0.05) is 0 Å². The third-order valence-electron chi connectivity index (χ3n) is 4.84. The first kappa shape index (κ1) is 22.2. The molecular weight excluding hydrogens is 312 g/mol. The summed E-state index contributed by atoms with van der Waals surface area (Å²) in [6.07, 6.45) is 9.95. The Morgan fingerprint density at radius 1 is 0.846 bits per heavy atom. The van der Waals surface area contributed by atoms with E-state index in [-0.39, 0.29) is 0 Å². The van der Waals surface area contributed by atoms with Crippen LogP contribution in [0.4, 0.5) is 0 Å². The fourth-order valence-electron chi connectivity index (χ4n) is 3.41. The van der Waals surface area contributed by atoms with Crippen molar-refractivity contribution in [1.29, 1.82) is 0 Å². The Morgan fingerprint density at radius 2 is 1.42 bits per heavy atom. The Labute approximate surface area is 162 Å². The van der Waals surface area contributed by atoms with Crippen molar-refractivity contribution in [2.45, 2.75) is 79.1 Å². The van der Waals surface area contributed by atoms with Crippen LogP contribution in [0.3, 0.4) is 0 Å². The minimum absolute atomic E-state index is 0.904. The van der Waals surface area contributed by atoms with Crippen molar-refractivity contribution in [3.8, 4) is 0 Å². The minimum atomic E-state index is 0.904. The van der Waals surface area contributed by atoms with Crippen LogP contribution in [-0.2, 0) is 12.8 Å². The molecule has 2 aromatic rings. The Kier molecular flexibility index (Phi) is 10.7. The number of hydrogen-bond donors (Lipinski definition) is 0. The van der Waals surface area contributed by atoms with Crippen molar-refractivity contribution in [1.82, 2.24) is 0 Å². The molecule has 1 saturated carbocycles. The lowest BCUT2D eigenvalue weighted by Crippen LogP contribution is -2.03. The molecule has 0 heterocycles. The van der Waals surface area contributed by atoms with Crippen LogP contribution < -0.4 is 0 Å². The van der Waals surface area contributed by atoms with Gasteiger partial charge < -0.3 is 0 Å². The summed E-state index contributed by atoms with van der Waals surface area (Å²) in [5, 5.41) is 0. The van der Waals surface area contributed by atoms with Crippen molar-refractivity contribution in [3.63, 3.8) is 0 Å². The van der Waals surface area contributed by atoms with E-state index in [2.05, 4.69) is 62.9 Å². The van der Waals surface area contributed by atoms with Gasteiger partial charge in [-0.3, -0.25) is 0 Å². The van der Waals surface area contributed by atoms with E-state index >= 15 is 0 Å². The van der Waals surface area contributed by atoms with Crippen LogP contribution in [0.5, 0.6) is 0 Å². The highest BCUT2D eigenvalue weighted by Gasteiger charge is 2.24. The number of rotatable bonds is 1. The topological polar surface area (TPSA) is 0 Å². The standard InChI is InChI=1S/C11H14.C10H12.C3H6.C2H6/c1-9-5-4-7-10-6-2-3-8-11(9)10;1-8-4-2-3-5-10(8)9-6-7-9;1-3-2;1-2/h4-5,7H,2-3,6,8H2,1H3;2-5,9H,6-7H2,1H3;3H,1H2,2H3;1-2H3. The van der Waals surface area contributed by atoms with E-state index in [0.29, 0.717) is 0 Å². The van der Waals surface area contributed by atoms with E-state index in [1.165, 1.54) is 49.7 Å². The summed E-state index contributed by atoms with van der Waals surface area (Å²) in [6, 6.07) is 15.4. The number of fused-ring (bicyclic) bond motifs is 1. The van der Waals surface area contributed by atoms with E-state index in [1.54, 1.807) is 22.8 Å². The van der Waals surface area contributed by atoms with Gasteiger partial charge in [0.2, 0.25) is 0 Å². The van der Waals surface area contributed by atoms with Crippen LogP contribution in [-0.4, -0.2) is 0 Å². The van der Waals surface area contributed by atoms with Crippen molar-refractivity contribution in [2.75, 3.05) is 0 Å². The van der Waals surface area contributed by atoms with Gasteiger partial charge in [0.1, 0.15) is 0 Å². The second-order valence-electron chi connectivity index (χ2n) is 6.96. The van der Waals surface area contributed by atoms with Crippen LogP contribution in [0.25, 0.3) is 0 Å². The average Bonchev–Trinajstić information content (AvgIpc) is 3.51. The smallest absolute Gasteiger partial charge is 0.0159 e. The van der Waals surface area contributed by atoms with Gasteiger partial charge in [0.25, 0.3) is 0 Å². The normalized spacial score (nSPS) is 14.2. The molecule has 0 spiro atoms. The van der Waals surface area contributed by atoms with Gasteiger partial charge in [0.15, 0.2) is 0 Å². The highest BCUT2D eigenvalue weighted by Crippen LogP contribution is 2.41. The summed E-state index contributed by atoms with van der Waals surface area (Å²) in [5.41, 5.74) is 7.74. The quantitative estimate of drug-likeness (QED) is 0.457. The molecule has 2 aromatic carbocycles. The molecule has 26 heavy (non-hydrogen) atoms. The van der Waals surface area contributed by atoms with E-state index in [4.69, 9.17) is 0 Å². The van der Waals surface area contributed by atoms with Crippen LogP contribution in [0.1, 0.15) is 80.2 Å². The molecule has 1 fully saturated rings. The summed E-state index contributed by atoms with van der Waals surface area (Å²) in [6.45, 7) is 13.7. The molecule has 0 amide bonds. The minimum Gasteiger partial charge on any atom is -0.103 e. The molecule has 0 aliphatic heterocycles. The van der Waals surface area contributed by atoms with Crippen molar-refractivity contribution < 1.29 is 0 Å². The van der Waals surface area contributed by atoms with E-state index < -0.39 is 0 Å². The van der Waals surface area contributed by atoms with E-state index in [1.807, 2.05) is 20.8 Å². The van der Waals surface area contributed by atoms with Gasteiger partial charge in [-0.25, -0.2) is 0 Å². The van der Waals surface area contributed by atoms with Gasteiger partial charge in [0.05, 0.1) is 0 Å².